The average Bonchev–Trinajstić information content (AvgIpc) is 3.28. The summed E-state index contributed by atoms with van der Waals surface area (Å²) >= 11 is 6.43. The molecule has 2 saturated carbocycles. The Labute approximate surface area is 125 Å². The number of aryl methyl sites for hydroxylation is 1. The molecule has 1 atom stereocenters. The van der Waals surface area contributed by atoms with Crippen molar-refractivity contribution in [2.24, 2.45) is 11.8 Å². The summed E-state index contributed by atoms with van der Waals surface area (Å²) in [5.41, 5.74) is 3.66. The van der Waals surface area contributed by atoms with Crippen LogP contribution in [0, 0.1) is 18.8 Å². The average molecular weight is 289 g/mol. The summed E-state index contributed by atoms with van der Waals surface area (Å²) in [5, 5.41) is -0.0253. The van der Waals surface area contributed by atoms with E-state index in [-0.39, 0.29) is 5.38 Å². The van der Waals surface area contributed by atoms with Gasteiger partial charge >= 0.3 is 0 Å². The fourth-order valence-electron chi connectivity index (χ4n) is 3.50. The Morgan fingerprint density at radius 3 is 2.40 bits per heavy atom. The molecular weight excluding hydrogens is 268 g/mol. The Kier molecular flexibility index (Phi) is 2.85. The number of hydrogen-bond donors (Lipinski definition) is 0. The highest BCUT2D eigenvalue weighted by Crippen LogP contribution is 2.53. The summed E-state index contributed by atoms with van der Waals surface area (Å²) in [6.07, 6.45) is 5.51. The third-order valence-electron chi connectivity index (χ3n) is 4.74. The lowest BCUT2D eigenvalue weighted by Gasteiger charge is -2.22. The van der Waals surface area contributed by atoms with Crippen molar-refractivity contribution in [3.63, 3.8) is 0 Å². The Balaban J connectivity index is 1.92. The lowest BCUT2D eigenvalue weighted by molar-refractivity contribution is 0.392. The molecule has 1 aromatic heterocycles. The summed E-state index contributed by atoms with van der Waals surface area (Å²) in [6.45, 7) is 4.17. The van der Waals surface area contributed by atoms with Crippen LogP contribution in [0.5, 0.6) is 0 Å². The third kappa shape index (κ3) is 2.05. The van der Waals surface area contributed by atoms with E-state index in [1.54, 1.807) is 0 Å². The quantitative estimate of drug-likeness (QED) is 0.724. The molecule has 1 heterocycles. The van der Waals surface area contributed by atoms with Crippen LogP contribution >= 0.6 is 11.6 Å². The minimum atomic E-state index is -0.0253. The molecule has 1 aromatic carbocycles. The molecule has 2 aliphatic carbocycles. The van der Waals surface area contributed by atoms with E-state index in [0.717, 1.165) is 23.2 Å². The number of rotatable bonds is 4. The first-order valence-electron chi connectivity index (χ1n) is 7.77. The number of hydrogen-bond acceptors (Lipinski definition) is 1. The van der Waals surface area contributed by atoms with Crippen molar-refractivity contribution in [1.82, 2.24) is 9.55 Å². The second-order valence-corrected chi connectivity index (χ2v) is 7.27. The van der Waals surface area contributed by atoms with E-state index in [9.17, 15) is 0 Å². The fraction of sp³-hybridized carbons (Fsp3) is 0.588. The third-order valence-corrected chi connectivity index (χ3v) is 4.93. The van der Waals surface area contributed by atoms with Crippen molar-refractivity contribution >= 4 is 22.6 Å². The molecule has 2 aliphatic rings. The molecule has 3 heteroatoms. The highest BCUT2D eigenvalue weighted by Gasteiger charge is 2.44. The van der Waals surface area contributed by atoms with Crippen LogP contribution in [0.25, 0.3) is 11.0 Å². The Morgan fingerprint density at radius 1 is 1.20 bits per heavy atom. The maximum absolute atomic E-state index is 6.43. The van der Waals surface area contributed by atoms with Crippen LogP contribution in [0.4, 0.5) is 0 Å². The van der Waals surface area contributed by atoms with Gasteiger partial charge in [0.25, 0.3) is 0 Å². The number of alkyl halides is 1. The van der Waals surface area contributed by atoms with Gasteiger partial charge in [-0.3, -0.25) is 0 Å². The Bertz CT molecular complexity index is 638. The van der Waals surface area contributed by atoms with E-state index in [4.69, 9.17) is 16.6 Å². The van der Waals surface area contributed by atoms with E-state index < -0.39 is 0 Å². The van der Waals surface area contributed by atoms with Crippen LogP contribution in [0.3, 0.4) is 0 Å². The number of fused-ring (bicyclic) bond motifs is 1. The van der Waals surface area contributed by atoms with Crippen molar-refractivity contribution in [2.75, 3.05) is 0 Å². The maximum atomic E-state index is 6.43. The van der Waals surface area contributed by atoms with Gasteiger partial charge in [-0.05, 0) is 69.1 Å². The Morgan fingerprint density at radius 2 is 1.85 bits per heavy atom. The molecule has 0 radical (unpaired) electrons. The molecule has 106 valence electrons. The number of imidazole rings is 1. The normalized spacial score (nSPS) is 20.8. The fourth-order valence-corrected chi connectivity index (χ4v) is 3.66. The van der Waals surface area contributed by atoms with Gasteiger partial charge in [-0.2, -0.15) is 0 Å². The topological polar surface area (TPSA) is 17.8 Å². The van der Waals surface area contributed by atoms with Gasteiger partial charge in [-0.25, -0.2) is 4.98 Å². The molecule has 20 heavy (non-hydrogen) atoms. The van der Waals surface area contributed by atoms with Crippen LogP contribution in [-0.4, -0.2) is 9.55 Å². The van der Waals surface area contributed by atoms with Crippen molar-refractivity contribution in [2.45, 2.75) is 50.9 Å². The minimum absolute atomic E-state index is 0.0253. The standard InChI is InChI=1S/C17H21ClN2/c1-10-3-8-15-14(9-10)19-17(11(2)18)20(15)16(12-4-5-12)13-6-7-13/h3,8-9,11-13,16H,4-7H2,1-2H3. The van der Waals surface area contributed by atoms with E-state index in [0.29, 0.717) is 6.04 Å². The molecule has 0 N–H and O–H groups in total. The molecule has 0 aliphatic heterocycles. The van der Waals surface area contributed by atoms with E-state index >= 15 is 0 Å². The van der Waals surface area contributed by atoms with Gasteiger partial charge in [0.15, 0.2) is 0 Å². The first-order chi connectivity index (χ1) is 9.65. The summed E-state index contributed by atoms with van der Waals surface area (Å²) in [4.78, 5) is 4.85. The predicted molar refractivity (Wildman–Crippen MR) is 83.2 cm³/mol. The van der Waals surface area contributed by atoms with Gasteiger partial charge in [-0.15, -0.1) is 11.6 Å². The largest absolute Gasteiger partial charge is 0.323 e. The van der Waals surface area contributed by atoms with Crippen LogP contribution in [0.15, 0.2) is 18.2 Å². The van der Waals surface area contributed by atoms with Gasteiger partial charge in [0, 0.05) is 6.04 Å². The molecule has 2 fully saturated rings. The molecule has 2 aromatic rings. The second kappa shape index (κ2) is 4.49. The minimum Gasteiger partial charge on any atom is -0.323 e. The smallest absolute Gasteiger partial charge is 0.127 e. The number of halogens is 1. The van der Waals surface area contributed by atoms with Gasteiger partial charge in [0.1, 0.15) is 5.82 Å². The van der Waals surface area contributed by atoms with Gasteiger partial charge in [0.2, 0.25) is 0 Å². The van der Waals surface area contributed by atoms with Gasteiger partial charge in [0.05, 0.1) is 16.4 Å². The first-order valence-corrected chi connectivity index (χ1v) is 8.21. The van der Waals surface area contributed by atoms with Crippen molar-refractivity contribution in [3.8, 4) is 0 Å². The second-order valence-electron chi connectivity index (χ2n) is 6.61. The molecule has 4 rings (SSSR count). The predicted octanol–water partition coefficient (Wildman–Crippen LogP) is 5.01. The maximum Gasteiger partial charge on any atom is 0.127 e. The van der Waals surface area contributed by atoms with Crippen LogP contribution in [-0.2, 0) is 0 Å². The highest BCUT2D eigenvalue weighted by molar-refractivity contribution is 6.20. The van der Waals surface area contributed by atoms with E-state index in [1.165, 1.54) is 36.8 Å². The van der Waals surface area contributed by atoms with Crippen molar-refractivity contribution in [1.29, 1.82) is 0 Å². The zero-order valence-corrected chi connectivity index (χ0v) is 12.9. The number of benzene rings is 1. The molecule has 0 bridgehead atoms. The summed E-state index contributed by atoms with van der Waals surface area (Å²) in [6, 6.07) is 7.25. The van der Waals surface area contributed by atoms with Gasteiger partial charge < -0.3 is 4.57 Å². The monoisotopic (exact) mass is 288 g/mol. The molecule has 1 unspecified atom stereocenters. The van der Waals surface area contributed by atoms with Crippen LogP contribution in [0.1, 0.15) is 55.4 Å². The Hall–Kier alpha value is -1.02. The number of aromatic nitrogens is 2. The zero-order chi connectivity index (χ0) is 13.9. The molecule has 0 saturated heterocycles. The summed E-state index contributed by atoms with van der Waals surface area (Å²) in [5.74, 6) is 2.78. The number of nitrogens with zero attached hydrogens (tertiary/aromatic N) is 2. The molecule has 2 nitrogen and oxygen atoms in total. The van der Waals surface area contributed by atoms with Gasteiger partial charge in [-0.1, -0.05) is 6.07 Å². The summed E-state index contributed by atoms with van der Waals surface area (Å²) < 4.78 is 2.49. The summed E-state index contributed by atoms with van der Waals surface area (Å²) in [7, 11) is 0. The highest BCUT2D eigenvalue weighted by atomic mass is 35.5. The SMILES string of the molecule is Cc1ccc2c(c1)nc(C(C)Cl)n2C(C1CC1)C1CC1. The lowest BCUT2D eigenvalue weighted by atomic mass is 10.1. The van der Waals surface area contributed by atoms with Crippen LogP contribution < -0.4 is 0 Å². The molecule has 0 amide bonds. The molecule has 0 spiro atoms. The van der Waals surface area contributed by atoms with Crippen molar-refractivity contribution in [3.05, 3.63) is 29.6 Å². The van der Waals surface area contributed by atoms with Crippen LogP contribution in [0.2, 0.25) is 0 Å². The van der Waals surface area contributed by atoms with E-state index in [2.05, 4.69) is 29.7 Å². The first kappa shape index (κ1) is 12.7. The van der Waals surface area contributed by atoms with E-state index in [1.807, 2.05) is 6.92 Å². The molecular formula is C17H21ClN2. The zero-order valence-electron chi connectivity index (χ0n) is 12.1. The lowest BCUT2D eigenvalue weighted by Crippen LogP contribution is -2.16. The van der Waals surface area contributed by atoms with Crippen molar-refractivity contribution < 1.29 is 0 Å².